The van der Waals surface area contributed by atoms with E-state index in [9.17, 15) is 9.18 Å². The summed E-state index contributed by atoms with van der Waals surface area (Å²) in [4.78, 5) is 15.0. The van der Waals surface area contributed by atoms with Gasteiger partial charge >= 0.3 is 0 Å². The first-order valence-corrected chi connectivity index (χ1v) is 7.14. The van der Waals surface area contributed by atoms with Crippen LogP contribution in [0.5, 0.6) is 5.75 Å². The topological polar surface area (TPSA) is 39.2 Å². The van der Waals surface area contributed by atoms with Crippen LogP contribution < -0.4 is 4.74 Å². The summed E-state index contributed by atoms with van der Waals surface area (Å²) >= 11 is 0. The Balaban J connectivity index is 1.82. The van der Waals surface area contributed by atoms with Crippen molar-refractivity contribution in [1.82, 2.24) is 4.98 Å². The van der Waals surface area contributed by atoms with Crippen molar-refractivity contribution in [2.45, 2.75) is 6.61 Å². The molecule has 0 bridgehead atoms. The molecule has 1 aromatic heterocycles. The van der Waals surface area contributed by atoms with Gasteiger partial charge in [-0.2, -0.15) is 4.39 Å². The van der Waals surface area contributed by atoms with Gasteiger partial charge in [0.1, 0.15) is 12.4 Å². The third kappa shape index (κ3) is 3.61. The quantitative estimate of drug-likeness (QED) is 0.522. The second kappa shape index (κ2) is 6.83. The predicted molar refractivity (Wildman–Crippen MR) is 85.8 cm³/mol. The fraction of sp³-hybridized carbons (Fsp3) is 0.0526. The number of aldehydes is 1. The van der Waals surface area contributed by atoms with Gasteiger partial charge in [-0.3, -0.25) is 4.79 Å². The molecule has 0 unspecified atom stereocenters. The molecule has 0 amide bonds. The zero-order valence-corrected chi connectivity index (χ0v) is 12.3. The molecule has 23 heavy (non-hydrogen) atoms. The second-order valence-corrected chi connectivity index (χ2v) is 5.01. The Morgan fingerprint density at radius 2 is 1.87 bits per heavy atom. The normalized spacial score (nSPS) is 10.3. The lowest BCUT2D eigenvalue weighted by Crippen LogP contribution is -1.97. The van der Waals surface area contributed by atoms with Crippen LogP contribution in [0.2, 0.25) is 0 Å². The molecule has 0 fully saturated rings. The number of aromatic nitrogens is 1. The molecule has 0 saturated carbocycles. The van der Waals surface area contributed by atoms with Crippen LogP contribution in [-0.4, -0.2) is 11.3 Å². The van der Waals surface area contributed by atoms with Gasteiger partial charge in [-0.15, -0.1) is 0 Å². The Hall–Kier alpha value is -3.01. The highest BCUT2D eigenvalue weighted by atomic mass is 19.1. The summed E-state index contributed by atoms with van der Waals surface area (Å²) in [6.07, 6.45) is 2.16. The van der Waals surface area contributed by atoms with Crippen LogP contribution in [0.25, 0.3) is 11.1 Å². The molecule has 1 heterocycles. The Labute approximate surface area is 133 Å². The number of carbonyl (C=O) groups is 1. The van der Waals surface area contributed by atoms with Crippen molar-refractivity contribution >= 4 is 6.29 Å². The maximum atomic E-state index is 12.9. The van der Waals surface area contributed by atoms with E-state index in [1.54, 1.807) is 24.3 Å². The van der Waals surface area contributed by atoms with E-state index >= 15 is 0 Å². The van der Waals surface area contributed by atoms with Crippen molar-refractivity contribution in [3.8, 4) is 16.9 Å². The fourth-order valence-corrected chi connectivity index (χ4v) is 2.27. The van der Waals surface area contributed by atoms with Crippen LogP contribution in [0.1, 0.15) is 15.9 Å². The van der Waals surface area contributed by atoms with E-state index in [0.717, 1.165) is 11.8 Å². The minimum atomic E-state index is -0.552. The van der Waals surface area contributed by atoms with Crippen molar-refractivity contribution in [2.24, 2.45) is 0 Å². The molecule has 0 saturated heterocycles. The number of hydrogen-bond acceptors (Lipinski definition) is 3. The van der Waals surface area contributed by atoms with E-state index in [0.29, 0.717) is 29.0 Å². The molecule has 0 aliphatic heterocycles. The molecule has 2 aromatic carbocycles. The zero-order valence-electron chi connectivity index (χ0n) is 12.3. The standard InChI is InChI=1S/C19H14FNO2/c20-19-9-6-15(11-21-19)18-8-7-17(10-16(18)12-22)23-13-14-4-2-1-3-5-14/h1-12H,13H2. The fourth-order valence-electron chi connectivity index (χ4n) is 2.27. The largest absolute Gasteiger partial charge is 0.489 e. The molecule has 0 aliphatic rings. The molecule has 3 rings (SSSR count). The number of ether oxygens (including phenoxy) is 1. The predicted octanol–water partition coefficient (Wildman–Crippen LogP) is 4.28. The lowest BCUT2D eigenvalue weighted by Gasteiger charge is -2.10. The van der Waals surface area contributed by atoms with Crippen molar-refractivity contribution in [2.75, 3.05) is 0 Å². The molecule has 4 heteroatoms. The summed E-state index contributed by atoms with van der Waals surface area (Å²) in [7, 11) is 0. The van der Waals surface area contributed by atoms with Crippen LogP contribution in [0.4, 0.5) is 4.39 Å². The Kier molecular flexibility index (Phi) is 4.43. The Morgan fingerprint density at radius 3 is 2.57 bits per heavy atom. The van der Waals surface area contributed by atoms with E-state index in [-0.39, 0.29) is 0 Å². The summed E-state index contributed by atoms with van der Waals surface area (Å²) in [5.41, 5.74) is 2.90. The van der Waals surface area contributed by atoms with Gasteiger partial charge in [-0.1, -0.05) is 30.3 Å². The van der Waals surface area contributed by atoms with E-state index in [1.807, 2.05) is 30.3 Å². The molecule has 0 atom stereocenters. The number of pyridine rings is 1. The van der Waals surface area contributed by atoms with Gasteiger partial charge in [0.15, 0.2) is 6.29 Å². The maximum Gasteiger partial charge on any atom is 0.212 e. The molecule has 114 valence electrons. The summed E-state index contributed by atoms with van der Waals surface area (Å²) in [5.74, 6) is 0.0546. The highest BCUT2D eigenvalue weighted by Crippen LogP contribution is 2.26. The highest BCUT2D eigenvalue weighted by Gasteiger charge is 2.07. The number of carbonyl (C=O) groups excluding carboxylic acids is 1. The van der Waals surface area contributed by atoms with Crippen LogP contribution in [0.15, 0.2) is 66.9 Å². The second-order valence-electron chi connectivity index (χ2n) is 5.01. The van der Waals surface area contributed by atoms with Gasteiger partial charge in [0.2, 0.25) is 5.95 Å². The molecule has 0 radical (unpaired) electrons. The van der Waals surface area contributed by atoms with Crippen LogP contribution >= 0.6 is 0 Å². The number of hydrogen-bond donors (Lipinski definition) is 0. The summed E-state index contributed by atoms with van der Waals surface area (Å²) < 4.78 is 18.6. The highest BCUT2D eigenvalue weighted by molar-refractivity contribution is 5.88. The van der Waals surface area contributed by atoms with Gasteiger partial charge in [-0.05, 0) is 41.5 Å². The minimum Gasteiger partial charge on any atom is -0.489 e. The van der Waals surface area contributed by atoms with Crippen molar-refractivity contribution in [3.05, 3.63) is 83.9 Å². The molecule has 0 aliphatic carbocycles. The number of rotatable bonds is 5. The van der Waals surface area contributed by atoms with Crippen molar-refractivity contribution < 1.29 is 13.9 Å². The molecule has 3 aromatic rings. The van der Waals surface area contributed by atoms with Gasteiger partial charge in [-0.25, -0.2) is 4.98 Å². The van der Waals surface area contributed by atoms with E-state index in [1.165, 1.54) is 12.3 Å². The van der Waals surface area contributed by atoms with Crippen molar-refractivity contribution in [3.63, 3.8) is 0 Å². The van der Waals surface area contributed by atoms with Gasteiger partial charge in [0, 0.05) is 17.3 Å². The molecular weight excluding hydrogens is 293 g/mol. The number of nitrogens with zero attached hydrogens (tertiary/aromatic N) is 1. The third-order valence-electron chi connectivity index (χ3n) is 3.44. The molecular formula is C19H14FNO2. The van der Waals surface area contributed by atoms with Crippen LogP contribution in [0.3, 0.4) is 0 Å². The van der Waals surface area contributed by atoms with Gasteiger partial charge in [0.05, 0.1) is 0 Å². The first-order valence-electron chi connectivity index (χ1n) is 7.14. The number of halogens is 1. The summed E-state index contributed by atoms with van der Waals surface area (Å²) in [6, 6.07) is 17.9. The van der Waals surface area contributed by atoms with E-state index in [2.05, 4.69) is 4.98 Å². The Morgan fingerprint density at radius 1 is 1.04 bits per heavy atom. The summed E-state index contributed by atoms with van der Waals surface area (Å²) in [5, 5.41) is 0. The maximum absolute atomic E-state index is 12.9. The molecule has 0 spiro atoms. The summed E-state index contributed by atoms with van der Waals surface area (Å²) in [6.45, 7) is 0.427. The SMILES string of the molecule is O=Cc1cc(OCc2ccccc2)ccc1-c1ccc(F)nc1. The zero-order chi connectivity index (χ0) is 16.1. The lowest BCUT2D eigenvalue weighted by atomic mass is 10.0. The van der Waals surface area contributed by atoms with Gasteiger partial charge < -0.3 is 4.74 Å². The average molecular weight is 307 g/mol. The van der Waals surface area contributed by atoms with E-state index < -0.39 is 5.95 Å². The third-order valence-corrected chi connectivity index (χ3v) is 3.44. The number of benzene rings is 2. The minimum absolute atomic E-state index is 0.427. The smallest absolute Gasteiger partial charge is 0.212 e. The monoisotopic (exact) mass is 307 g/mol. The molecule has 3 nitrogen and oxygen atoms in total. The van der Waals surface area contributed by atoms with Crippen LogP contribution in [-0.2, 0) is 6.61 Å². The lowest BCUT2D eigenvalue weighted by molar-refractivity contribution is 0.112. The first-order chi connectivity index (χ1) is 11.3. The molecule has 0 N–H and O–H groups in total. The average Bonchev–Trinajstić information content (AvgIpc) is 2.61. The first kappa shape index (κ1) is 14.9. The van der Waals surface area contributed by atoms with Gasteiger partial charge in [0.25, 0.3) is 0 Å². The Bertz CT molecular complexity index is 801. The van der Waals surface area contributed by atoms with E-state index in [4.69, 9.17) is 4.74 Å². The van der Waals surface area contributed by atoms with Crippen LogP contribution in [0, 0.1) is 5.95 Å². The van der Waals surface area contributed by atoms with Crippen molar-refractivity contribution in [1.29, 1.82) is 0 Å².